The molecule has 0 aliphatic carbocycles. The summed E-state index contributed by atoms with van der Waals surface area (Å²) in [5.74, 6) is 2.04. The van der Waals surface area contributed by atoms with Crippen molar-refractivity contribution >= 4 is 51.3 Å². The molecule has 240 valence electrons. The van der Waals surface area contributed by atoms with Crippen molar-refractivity contribution in [1.29, 1.82) is 0 Å². The third-order valence-corrected chi connectivity index (χ3v) is 9.90. The summed E-state index contributed by atoms with van der Waals surface area (Å²) >= 11 is 8.51. The number of benzene rings is 4. The molecule has 6 aromatic rings. The first-order valence-corrected chi connectivity index (χ1v) is 16.8. The standard InChI is InChI=1S/C37H33ClFN3O4S/c1-23-19-41(32-11-10-30(38)36(35(23)32)37-31(20-43)40-42-13-15-45-21-33(37)42)12-3-14-46-34-18-28(17-25-16-26(39)6-9-29(25)34)47-22-24-4-7-27(44-2)8-5-24/h4-11,16-20H,3,12-15,21-22H2,1-2H3. The lowest BCUT2D eigenvalue weighted by Gasteiger charge is -2.17. The molecule has 0 N–H and O–H groups in total. The summed E-state index contributed by atoms with van der Waals surface area (Å²) in [5.41, 5.74) is 6.04. The number of fused-ring (bicyclic) bond motifs is 3. The molecule has 0 saturated heterocycles. The molecule has 2 aromatic heterocycles. The van der Waals surface area contributed by atoms with Crippen LogP contribution in [0.5, 0.6) is 11.5 Å². The number of rotatable bonds is 11. The van der Waals surface area contributed by atoms with Crippen molar-refractivity contribution in [2.24, 2.45) is 0 Å². The monoisotopic (exact) mass is 669 g/mol. The fourth-order valence-electron chi connectivity index (χ4n) is 6.31. The van der Waals surface area contributed by atoms with Crippen LogP contribution in [0.15, 0.2) is 77.8 Å². The Morgan fingerprint density at radius 1 is 1.09 bits per heavy atom. The third-order valence-electron chi connectivity index (χ3n) is 8.53. The smallest absolute Gasteiger partial charge is 0.170 e. The number of nitrogens with zero attached hydrogens (tertiary/aromatic N) is 3. The van der Waals surface area contributed by atoms with Crippen molar-refractivity contribution in [3.63, 3.8) is 0 Å². The molecule has 0 saturated carbocycles. The summed E-state index contributed by atoms with van der Waals surface area (Å²) in [5, 5.41) is 7.79. The maximum Gasteiger partial charge on any atom is 0.170 e. The largest absolute Gasteiger partial charge is 0.497 e. The average Bonchev–Trinajstić information content (AvgIpc) is 3.62. The van der Waals surface area contributed by atoms with Gasteiger partial charge in [0.25, 0.3) is 0 Å². The van der Waals surface area contributed by atoms with Crippen LogP contribution in [0.4, 0.5) is 4.39 Å². The van der Waals surface area contributed by atoms with Gasteiger partial charge in [-0.05, 0) is 84.5 Å². The topological polar surface area (TPSA) is 67.5 Å². The van der Waals surface area contributed by atoms with E-state index >= 15 is 0 Å². The van der Waals surface area contributed by atoms with Gasteiger partial charge in [-0.2, -0.15) is 5.10 Å². The van der Waals surface area contributed by atoms with Crippen molar-refractivity contribution < 1.29 is 23.4 Å². The normalized spacial score (nSPS) is 12.9. The van der Waals surface area contributed by atoms with E-state index < -0.39 is 0 Å². The van der Waals surface area contributed by atoms with Gasteiger partial charge in [0, 0.05) is 55.8 Å². The number of hydrogen-bond donors (Lipinski definition) is 0. The van der Waals surface area contributed by atoms with Crippen molar-refractivity contribution in [2.45, 2.75) is 43.7 Å². The summed E-state index contributed by atoms with van der Waals surface area (Å²) in [6, 6.07) is 20.8. The van der Waals surface area contributed by atoms with E-state index in [1.165, 1.54) is 11.6 Å². The molecule has 0 atom stereocenters. The molecule has 0 fully saturated rings. The summed E-state index contributed by atoms with van der Waals surface area (Å²) in [6.07, 6.45) is 3.65. The van der Waals surface area contributed by atoms with Gasteiger partial charge < -0.3 is 18.8 Å². The number of aryl methyl sites for hydroxylation is 2. The van der Waals surface area contributed by atoms with E-state index in [0.29, 0.717) is 43.6 Å². The van der Waals surface area contributed by atoms with Crippen LogP contribution in [0.2, 0.25) is 5.02 Å². The summed E-state index contributed by atoms with van der Waals surface area (Å²) in [7, 11) is 1.66. The van der Waals surface area contributed by atoms with Crippen molar-refractivity contribution in [1.82, 2.24) is 14.3 Å². The Kier molecular flexibility index (Phi) is 8.94. The Balaban J connectivity index is 1.11. The number of halogens is 2. The Morgan fingerprint density at radius 2 is 1.94 bits per heavy atom. The highest BCUT2D eigenvalue weighted by Crippen LogP contribution is 2.42. The van der Waals surface area contributed by atoms with Crippen molar-refractivity contribution in [3.05, 3.63) is 106 Å². The zero-order chi connectivity index (χ0) is 32.5. The molecule has 0 spiro atoms. The van der Waals surface area contributed by atoms with E-state index in [1.807, 2.05) is 53.2 Å². The van der Waals surface area contributed by atoms with Gasteiger partial charge in [-0.3, -0.25) is 9.48 Å². The summed E-state index contributed by atoms with van der Waals surface area (Å²) in [4.78, 5) is 13.1. The molecule has 0 unspecified atom stereocenters. The molecular weight excluding hydrogens is 637 g/mol. The zero-order valence-electron chi connectivity index (χ0n) is 26.1. The first-order chi connectivity index (χ1) is 22.9. The van der Waals surface area contributed by atoms with Crippen LogP contribution in [0.3, 0.4) is 0 Å². The predicted octanol–water partition coefficient (Wildman–Crippen LogP) is 8.87. The van der Waals surface area contributed by atoms with Gasteiger partial charge in [-0.25, -0.2) is 4.39 Å². The molecule has 0 bridgehead atoms. The second kappa shape index (κ2) is 13.4. The first-order valence-electron chi connectivity index (χ1n) is 15.5. The highest BCUT2D eigenvalue weighted by Gasteiger charge is 2.26. The molecule has 0 radical (unpaired) electrons. The van der Waals surface area contributed by atoms with E-state index in [9.17, 15) is 9.18 Å². The zero-order valence-corrected chi connectivity index (χ0v) is 27.7. The number of thioether (sulfide) groups is 1. The number of methoxy groups -OCH3 is 1. The van der Waals surface area contributed by atoms with Gasteiger partial charge in [-0.15, -0.1) is 11.8 Å². The van der Waals surface area contributed by atoms with Crippen LogP contribution in [0.25, 0.3) is 32.8 Å². The minimum atomic E-state index is -0.278. The Bertz CT molecular complexity index is 2110. The van der Waals surface area contributed by atoms with E-state index in [-0.39, 0.29) is 5.82 Å². The first kappa shape index (κ1) is 31.3. The molecule has 10 heteroatoms. The lowest BCUT2D eigenvalue weighted by atomic mass is 9.97. The molecule has 47 heavy (non-hydrogen) atoms. The number of aromatic nitrogens is 3. The number of carbonyl (C=O) groups is 1. The predicted molar refractivity (Wildman–Crippen MR) is 185 cm³/mol. The van der Waals surface area contributed by atoms with Gasteiger partial charge in [0.2, 0.25) is 0 Å². The third kappa shape index (κ3) is 6.23. The molecule has 7 nitrogen and oxygen atoms in total. The summed E-state index contributed by atoms with van der Waals surface area (Å²) < 4.78 is 35.6. The fourth-order valence-corrected chi connectivity index (χ4v) is 7.49. The Morgan fingerprint density at radius 3 is 2.74 bits per heavy atom. The summed E-state index contributed by atoms with van der Waals surface area (Å²) in [6.45, 7) is 4.77. The van der Waals surface area contributed by atoms with Crippen LogP contribution in [-0.2, 0) is 30.2 Å². The molecule has 7 rings (SSSR count). The van der Waals surface area contributed by atoms with Gasteiger partial charge in [0.15, 0.2) is 6.29 Å². The molecule has 4 aromatic carbocycles. The van der Waals surface area contributed by atoms with Crippen molar-refractivity contribution in [2.75, 3.05) is 20.3 Å². The lowest BCUT2D eigenvalue weighted by Crippen LogP contribution is -2.17. The van der Waals surface area contributed by atoms with Gasteiger partial charge >= 0.3 is 0 Å². The van der Waals surface area contributed by atoms with Gasteiger partial charge in [0.05, 0.1) is 39.2 Å². The second-order valence-electron chi connectivity index (χ2n) is 11.5. The maximum atomic E-state index is 14.2. The highest BCUT2D eigenvalue weighted by atomic mass is 35.5. The van der Waals surface area contributed by atoms with Crippen molar-refractivity contribution in [3.8, 4) is 22.6 Å². The number of ether oxygens (including phenoxy) is 3. The average molecular weight is 670 g/mol. The fraction of sp³-hybridized carbons (Fsp3) is 0.243. The van der Waals surface area contributed by atoms with Gasteiger partial charge in [-0.1, -0.05) is 23.7 Å². The molecular formula is C37H33ClFN3O4S. The van der Waals surface area contributed by atoms with E-state index in [1.54, 1.807) is 31.0 Å². The minimum Gasteiger partial charge on any atom is -0.497 e. The van der Waals surface area contributed by atoms with E-state index in [0.717, 1.165) is 78.9 Å². The Hall–Kier alpha value is -4.31. The lowest BCUT2D eigenvalue weighted by molar-refractivity contribution is 0.0803. The minimum absolute atomic E-state index is 0.278. The van der Waals surface area contributed by atoms with Crippen LogP contribution in [0, 0.1) is 12.7 Å². The van der Waals surface area contributed by atoms with E-state index in [2.05, 4.69) is 22.8 Å². The molecule has 1 aliphatic rings. The molecule has 0 amide bonds. The van der Waals surface area contributed by atoms with Crippen LogP contribution in [0.1, 0.15) is 33.7 Å². The van der Waals surface area contributed by atoms with E-state index in [4.69, 9.17) is 25.8 Å². The van der Waals surface area contributed by atoms with Crippen LogP contribution >= 0.6 is 23.4 Å². The second-order valence-corrected chi connectivity index (χ2v) is 13.0. The number of hydrogen-bond acceptors (Lipinski definition) is 6. The molecule has 1 aliphatic heterocycles. The SMILES string of the molecule is COc1ccc(CSc2cc(OCCCn3cc(C)c4c(-c5c(C=O)nn6c5COCC6)c(Cl)ccc43)c3ccc(F)cc3c2)cc1. The Labute approximate surface area is 281 Å². The molecule has 3 heterocycles. The number of carbonyl (C=O) groups excluding carboxylic acids is 1. The van der Waals surface area contributed by atoms with Crippen LogP contribution in [-0.4, -0.2) is 41.0 Å². The number of aldehydes is 1. The van der Waals surface area contributed by atoms with Crippen LogP contribution < -0.4 is 9.47 Å². The van der Waals surface area contributed by atoms with Gasteiger partial charge in [0.1, 0.15) is 23.0 Å². The highest BCUT2D eigenvalue weighted by molar-refractivity contribution is 7.98. The maximum absolute atomic E-state index is 14.2. The quantitative estimate of drug-likeness (QED) is 0.0780.